The molecule has 0 heterocycles. The summed E-state index contributed by atoms with van der Waals surface area (Å²) in [5.41, 5.74) is 5.65. The molecule has 32 heavy (non-hydrogen) atoms. The Morgan fingerprint density at radius 2 is 1.59 bits per heavy atom. The van der Waals surface area contributed by atoms with Crippen molar-refractivity contribution in [1.29, 1.82) is 0 Å². The lowest BCUT2D eigenvalue weighted by molar-refractivity contribution is -0.122. The molecule has 3 rings (SSSR count). The first kappa shape index (κ1) is 24.5. The summed E-state index contributed by atoms with van der Waals surface area (Å²) < 4.78 is 54.7. The molecule has 0 aliphatic heterocycles. The number of hydrogen-bond acceptors (Lipinski definition) is 7. The maximum absolute atomic E-state index is 12.7. The van der Waals surface area contributed by atoms with Gasteiger partial charge >= 0.3 is 0 Å². The van der Waals surface area contributed by atoms with E-state index in [0.717, 1.165) is 12.8 Å². The standard InChI is InChI=1S/C20H26N4O5S3/c1-30-14-13-19(24-32(28,29)17-5-3-2-4-6-17)20(25)22-21-15-9-11-18(12-10-15)31(26,27)23-16-7-8-16/h2-6,9-12,16,19,21,23-24H,7-8,13-14H2,1H3,(H,22,25). The van der Waals surface area contributed by atoms with Crippen LogP contribution in [0.4, 0.5) is 5.69 Å². The lowest BCUT2D eigenvalue weighted by Crippen LogP contribution is -2.48. The van der Waals surface area contributed by atoms with Gasteiger partial charge in [0.25, 0.3) is 5.91 Å². The Labute approximate surface area is 192 Å². The second-order valence-corrected chi connectivity index (χ2v) is 11.7. The molecule has 1 aliphatic rings. The van der Waals surface area contributed by atoms with Gasteiger partial charge < -0.3 is 0 Å². The summed E-state index contributed by atoms with van der Waals surface area (Å²) in [6, 6.07) is 12.8. The Hall–Kier alpha value is -2.12. The Balaban J connectivity index is 1.62. The van der Waals surface area contributed by atoms with E-state index in [1.54, 1.807) is 18.2 Å². The zero-order valence-electron chi connectivity index (χ0n) is 17.4. The minimum absolute atomic E-state index is 0.00923. The number of benzene rings is 2. The molecule has 1 fully saturated rings. The Morgan fingerprint density at radius 3 is 2.19 bits per heavy atom. The fourth-order valence-electron chi connectivity index (χ4n) is 2.76. The quantitative estimate of drug-likeness (QED) is 0.327. The third-order valence-corrected chi connectivity index (χ3v) is 8.34. The van der Waals surface area contributed by atoms with E-state index in [0.29, 0.717) is 17.9 Å². The SMILES string of the molecule is CSCCC(NS(=O)(=O)c1ccccc1)C(=O)NNc1ccc(S(=O)(=O)NC2CC2)cc1. The molecule has 1 saturated carbocycles. The molecule has 1 amide bonds. The highest BCUT2D eigenvalue weighted by Gasteiger charge is 2.28. The number of amides is 1. The van der Waals surface area contributed by atoms with Crippen LogP contribution in [0, 0.1) is 0 Å². The monoisotopic (exact) mass is 498 g/mol. The zero-order chi connectivity index (χ0) is 23.2. The molecule has 0 aromatic heterocycles. The lowest BCUT2D eigenvalue weighted by atomic mass is 10.2. The van der Waals surface area contributed by atoms with E-state index in [1.807, 2.05) is 6.26 Å². The molecule has 1 atom stereocenters. The molecule has 0 spiro atoms. The molecular formula is C20H26N4O5S3. The molecule has 9 nitrogen and oxygen atoms in total. The normalized spacial score (nSPS) is 15.2. The van der Waals surface area contributed by atoms with E-state index >= 15 is 0 Å². The van der Waals surface area contributed by atoms with Crippen molar-refractivity contribution in [3.8, 4) is 0 Å². The molecule has 2 aromatic rings. The van der Waals surface area contributed by atoms with Crippen LogP contribution in [-0.2, 0) is 24.8 Å². The van der Waals surface area contributed by atoms with Crippen LogP contribution in [0.3, 0.4) is 0 Å². The number of carbonyl (C=O) groups is 1. The van der Waals surface area contributed by atoms with Gasteiger partial charge in [0.05, 0.1) is 15.5 Å². The second kappa shape index (κ2) is 10.7. The topological polar surface area (TPSA) is 133 Å². The molecule has 0 bridgehead atoms. The van der Waals surface area contributed by atoms with Gasteiger partial charge in [0.15, 0.2) is 0 Å². The van der Waals surface area contributed by atoms with Crippen molar-refractivity contribution in [2.45, 2.75) is 41.1 Å². The fraction of sp³-hybridized carbons (Fsp3) is 0.350. The van der Waals surface area contributed by atoms with Gasteiger partial charge in [0, 0.05) is 6.04 Å². The van der Waals surface area contributed by atoms with E-state index in [1.165, 1.54) is 48.2 Å². The number of thioether (sulfide) groups is 1. The second-order valence-electron chi connectivity index (χ2n) is 7.30. The van der Waals surface area contributed by atoms with Crippen molar-refractivity contribution in [2.75, 3.05) is 17.4 Å². The summed E-state index contributed by atoms with van der Waals surface area (Å²) in [6.45, 7) is 0. The predicted octanol–water partition coefficient (Wildman–Crippen LogP) is 1.67. The third kappa shape index (κ3) is 6.94. The van der Waals surface area contributed by atoms with Crippen molar-refractivity contribution in [2.24, 2.45) is 0 Å². The molecule has 1 aliphatic carbocycles. The highest BCUT2D eigenvalue weighted by molar-refractivity contribution is 7.98. The van der Waals surface area contributed by atoms with Crippen LogP contribution in [0.1, 0.15) is 19.3 Å². The summed E-state index contributed by atoms with van der Waals surface area (Å²) >= 11 is 1.50. The fourth-order valence-corrected chi connectivity index (χ4v) is 5.79. The van der Waals surface area contributed by atoms with E-state index in [-0.39, 0.29) is 15.8 Å². The zero-order valence-corrected chi connectivity index (χ0v) is 19.9. The molecule has 2 aromatic carbocycles. The van der Waals surface area contributed by atoms with Gasteiger partial charge in [-0.1, -0.05) is 18.2 Å². The summed E-state index contributed by atoms with van der Waals surface area (Å²) in [5, 5.41) is 0. The molecule has 0 radical (unpaired) electrons. The minimum atomic E-state index is -3.87. The van der Waals surface area contributed by atoms with Crippen LogP contribution in [0.5, 0.6) is 0 Å². The predicted molar refractivity (Wildman–Crippen MR) is 125 cm³/mol. The maximum atomic E-state index is 12.7. The number of hydrazine groups is 1. The Kier molecular flexibility index (Phi) is 8.17. The summed E-state index contributed by atoms with van der Waals surface area (Å²) in [5.74, 6) is 0.0290. The largest absolute Gasteiger partial charge is 0.299 e. The van der Waals surface area contributed by atoms with Crippen LogP contribution in [0.15, 0.2) is 64.4 Å². The molecule has 174 valence electrons. The smallest absolute Gasteiger partial charge is 0.256 e. The molecule has 12 heteroatoms. The van der Waals surface area contributed by atoms with Crippen molar-refractivity contribution in [3.05, 3.63) is 54.6 Å². The van der Waals surface area contributed by atoms with Crippen LogP contribution in [0.2, 0.25) is 0 Å². The maximum Gasteiger partial charge on any atom is 0.256 e. The van der Waals surface area contributed by atoms with E-state index in [2.05, 4.69) is 20.3 Å². The highest BCUT2D eigenvalue weighted by Crippen LogP contribution is 2.22. The van der Waals surface area contributed by atoms with Gasteiger partial charge in [-0.2, -0.15) is 16.5 Å². The summed E-state index contributed by atoms with van der Waals surface area (Å²) in [7, 11) is -7.43. The first-order valence-corrected chi connectivity index (χ1v) is 14.3. The number of sulfonamides is 2. The number of rotatable bonds is 12. The van der Waals surface area contributed by atoms with Crippen molar-refractivity contribution in [1.82, 2.24) is 14.9 Å². The molecule has 1 unspecified atom stereocenters. The number of hydrogen-bond donors (Lipinski definition) is 4. The van der Waals surface area contributed by atoms with Gasteiger partial charge in [-0.05, 0) is 67.7 Å². The molecular weight excluding hydrogens is 472 g/mol. The summed E-state index contributed by atoms with van der Waals surface area (Å²) in [6.07, 6.45) is 3.85. The van der Waals surface area contributed by atoms with E-state index in [4.69, 9.17) is 0 Å². The van der Waals surface area contributed by atoms with Gasteiger partial charge in [-0.3, -0.25) is 15.6 Å². The molecule has 4 N–H and O–H groups in total. The van der Waals surface area contributed by atoms with Gasteiger partial charge in [-0.25, -0.2) is 21.6 Å². The highest BCUT2D eigenvalue weighted by atomic mass is 32.2. The number of nitrogens with one attached hydrogen (secondary N) is 4. The van der Waals surface area contributed by atoms with Crippen LogP contribution in [-0.4, -0.2) is 46.8 Å². The summed E-state index contributed by atoms with van der Waals surface area (Å²) in [4.78, 5) is 12.9. The lowest BCUT2D eigenvalue weighted by Gasteiger charge is -2.19. The third-order valence-electron chi connectivity index (χ3n) is 4.67. The first-order valence-electron chi connectivity index (χ1n) is 9.96. The van der Waals surface area contributed by atoms with Crippen LogP contribution >= 0.6 is 11.8 Å². The Bertz CT molecular complexity index is 1120. The number of anilines is 1. The van der Waals surface area contributed by atoms with Gasteiger partial charge in [0.2, 0.25) is 20.0 Å². The van der Waals surface area contributed by atoms with Crippen molar-refractivity contribution in [3.63, 3.8) is 0 Å². The minimum Gasteiger partial charge on any atom is -0.299 e. The first-order chi connectivity index (χ1) is 15.2. The Morgan fingerprint density at radius 1 is 0.969 bits per heavy atom. The van der Waals surface area contributed by atoms with E-state index in [9.17, 15) is 21.6 Å². The van der Waals surface area contributed by atoms with Crippen molar-refractivity contribution < 1.29 is 21.6 Å². The van der Waals surface area contributed by atoms with Crippen LogP contribution < -0.4 is 20.3 Å². The van der Waals surface area contributed by atoms with Gasteiger partial charge in [0.1, 0.15) is 6.04 Å². The van der Waals surface area contributed by atoms with Crippen LogP contribution in [0.25, 0.3) is 0 Å². The van der Waals surface area contributed by atoms with E-state index < -0.39 is 32.0 Å². The van der Waals surface area contributed by atoms with Gasteiger partial charge in [-0.15, -0.1) is 0 Å². The number of carbonyl (C=O) groups excluding carboxylic acids is 1. The molecule has 0 saturated heterocycles. The average molecular weight is 499 g/mol. The van der Waals surface area contributed by atoms with Crippen molar-refractivity contribution >= 4 is 43.4 Å². The average Bonchev–Trinajstić information content (AvgIpc) is 3.59.